The zero-order valence-electron chi connectivity index (χ0n) is 13.7. The first kappa shape index (κ1) is 19.0. The molecule has 1 heterocycles. The number of carbonyl (C=O) groups is 3. The molecule has 9 heteroatoms. The van der Waals surface area contributed by atoms with Crippen LogP contribution in [0.2, 0.25) is 10.0 Å². The third kappa shape index (κ3) is 3.84. The molecule has 0 spiro atoms. The Labute approximate surface area is 163 Å². The van der Waals surface area contributed by atoms with Crippen LogP contribution in [0.5, 0.6) is 0 Å². The van der Waals surface area contributed by atoms with Crippen molar-refractivity contribution in [2.45, 2.75) is 18.5 Å². The standard InChI is InChI=1S/C18H14Cl2N2O5/c19-8-5-11(20)15-12(6-8)21-14(18(26)27)7-13(15)22-16(23)9-3-1-2-4-10(9)17(24)25/h1-6,13-14,21H,7H2,(H,22,23)(H,24,25)(H,26,27)/t13-,14+/m0/s1. The number of anilines is 1. The number of carbonyl (C=O) groups excluding carboxylic acids is 1. The molecule has 0 aliphatic carbocycles. The number of carboxylic acids is 2. The van der Waals surface area contributed by atoms with E-state index in [-0.39, 0.29) is 22.6 Å². The summed E-state index contributed by atoms with van der Waals surface area (Å²) in [5.41, 5.74) is 0.728. The van der Waals surface area contributed by atoms with Crippen molar-refractivity contribution in [2.24, 2.45) is 0 Å². The number of nitrogens with one attached hydrogen (secondary N) is 2. The molecule has 1 aliphatic heterocycles. The zero-order chi connectivity index (χ0) is 19.7. The van der Waals surface area contributed by atoms with Gasteiger partial charge in [-0.3, -0.25) is 4.79 Å². The fraction of sp³-hybridized carbons (Fsp3) is 0.167. The number of hydrogen-bond acceptors (Lipinski definition) is 4. The van der Waals surface area contributed by atoms with Crippen LogP contribution in [-0.4, -0.2) is 34.1 Å². The van der Waals surface area contributed by atoms with Crippen LogP contribution in [0.4, 0.5) is 5.69 Å². The lowest BCUT2D eigenvalue weighted by Gasteiger charge is -2.32. The Hall–Kier alpha value is -2.77. The number of carboxylic acid groups (broad SMARTS) is 2. The van der Waals surface area contributed by atoms with E-state index >= 15 is 0 Å². The van der Waals surface area contributed by atoms with Crippen LogP contribution < -0.4 is 10.6 Å². The molecule has 140 valence electrons. The van der Waals surface area contributed by atoms with Gasteiger partial charge in [-0.25, -0.2) is 9.59 Å². The number of aliphatic carboxylic acids is 1. The zero-order valence-corrected chi connectivity index (χ0v) is 15.2. The Morgan fingerprint density at radius 3 is 2.37 bits per heavy atom. The number of rotatable bonds is 4. The molecule has 27 heavy (non-hydrogen) atoms. The van der Waals surface area contributed by atoms with E-state index in [0.29, 0.717) is 16.3 Å². The molecule has 4 N–H and O–H groups in total. The first-order valence-electron chi connectivity index (χ1n) is 7.89. The van der Waals surface area contributed by atoms with Crippen molar-refractivity contribution >= 4 is 46.7 Å². The van der Waals surface area contributed by atoms with Crippen molar-refractivity contribution in [3.05, 3.63) is 63.1 Å². The van der Waals surface area contributed by atoms with Gasteiger partial charge in [0.05, 0.1) is 17.2 Å². The van der Waals surface area contributed by atoms with E-state index in [1.54, 1.807) is 6.07 Å². The van der Waals surface area contributed by atoms with E-state index in [0.717, 1.165) is 0 Å². The molecule has 0 radical (unpaired) electrons. The number of amides is 1. The number of halogens is 2. The molecule has 0 bridgehead atoms. The largest absolute Gasteiger partial charge is 0.480 e. The summed E-state index contributed by atoms with van der Waals surface area (Å²) < 4.78 is 0. The van der Waals surface area contributed by atoms with Crippen LogP contribution in [0.15, 0.2) is 36.4 Å². The monoisotopic (exact) mass is 408 g/mol. The first-order valence-corrected chi connectivity index (χ1v) is 8.65. The van der Waals surface area contributed by atoms with Gasteiger partial charge in [0.1, 0.15) is 6.04 Å². The van der Waals surface area contributed by atoms with E-state index in [4.69, 9.17) is 23.2 Å². The highest BCUT2D eigenvalue weighted by molar-refractivity contribution is 6.35. The molecule has 3 rings (SSSR count). The minimum Gasteiger partial charge on any atom is -0.480 e. The van der Waals surface area contributed by atoms with Crippen molar-refractivity contribution < 1.29 is 24.6 Å². The van der Waals surface area contributed by atoms with Crippen LogP contribution in [0.3, 0.4) is 0 Å². The summed E-state index contributed by atoms with van der Waals surface area (Å²) in [5, 5.41) is 24.8. The van der Waals surface area contributed by atoms with Gasteiger partial charge in [0.2, 0.25) is 0 Å². The summed E-state index contributed by atoms with van der Waals surface area (Å²) in [4.78, 5) is 35.5. The smallest absolute Gasteiger partial charge is 0.336 e. The molecule has 0 fully saturated rings. The van der Waals surface area contributed by atoms with Gasteiger partial charge in [-0.2, -0.15) is 0 Å². The maximum Gasteiger partial charge on any atom is 0.336 e. The minimum absolute atomic E-state index is 0.0259. The van der Waals surface area contributed by atoms with Gasteiger partial charge in [0.25, 0.3) is 5.91 Å². The van der Waals surface area contributed by atoms with Gasteiger partial charge in [0, 0.05) is 27.7 Å². The Kier molecular flexibility index (Phi) is 5.25. The predicted molar refractivity (Wildman–Crippen MR) is 99.7 cm³/mol. The predicted octanol–water partition coefficient (Wildman–Crippen LogP) is 3.43. The molecule has 0 aromatic heterocycles. The molecule has 1 amide bonds. The molecule has 7 nitrogen and oxygen atoms in total. The maximum absolute atomic E-state index is 12.7. The van der Waals surface area contributed by atoms with Crippen molar-refractivity contribution in [3.8, 4) is 0 Å². The third-order valence-electron chi connectivity index (χ3n) is 4.25. The van der Waals surface area contributed by atoms with Crippen molar-refractivity contribution in [1.82, 2.24) is 5.32 Å². The highest BCUT2D eigenvalue weighted by Crippen LogP contribution is 2.40. The van der Waals surface area contributed by atoms with Gasteiger partial charge in [-0.15, -0.1) is 0 Å². The molecule has 1 aliphatic rings. The van der Waals surface area contributed by atoms with Crippen molar-refractivity contribution in [3.63, 3.8) is 0 Å². The molecule has 2 aromatic carbocycles. The van der Waals surface area contributed by atoms with Gasteiger partial charge in [0.15, 0.2) is 0 Å². The molecule has 2 atom stereocenters. The molecule has 0 saturated heterocycles. The summed E-state index contributed by atoms with van der Waals surface area (Å²) in [7, 11) is 0. The van der Waals surface area contributed by atoms with E-state index in [1.807, 2.05) is 0 Å². The molecule has 0 saturated carbocycles. The van der Waals surface area contributed by atoms with Crippen LogP contribution in [0, 0.1) is 0 Å². The van der Waals surface area contributed by atoms with Crippen LogP contribution in [0.25, 0.3) is 0 Å². The second kappa shape index (κ2) is 7.46. The molecular formula is C18H14Cl2N2O5. The van der Waals surface area contributed by atoms with E-state index in [1.165, 1.54) is 30.3 Å². The van der Waals surface area contributed by atoms with Crippen molar-refractivity contribution in [2.75, 3.05) is 5.32 Å². The van der Waals surface area contributed by atoms with Crippen molar-refractivity contribution in [1.29, 1.82) is 0 Å². The Balaban J connectivity index is 1.98. The van der Waals surface area contributed by atoms with Gasteiger partial charge in [-0.05, 0) is 24.3 Å². The molecule has 2 aromatic rings. The third-order valence-corrected chi connectivity index (χ3v) is 4.78. The quantitative estimate of drug-likeness (QED) is 0.615. The highest BCUT2D eigenvalue weighted by atomic mass is 35.5. The van der Waals surface area contributed by atoms with E-state index < -0.39 is 29.9 Å². The number of fused-ring (bicyclic) bond motifs is 1. The highest BCUT2D eigenvalue weighted by Gasteiger charge is 2.34. The number of hydrogen-bond donors (Lipinski definition) is 4. The van der Waals surface area contributed by atoms with Crippen LogP contribution in [-0.2, 0) is 4.79 Å². The van der Waals surface area contributed by atoms with Gasteiger partial charge in [-0.1, -0.05) is 35.3 Å². The summed E-state index contributed by atoms with van der Waals surface area (Å²) in [6, 6.07) is 7.09. The lowest BCUT2D eigenvalue weighted by atomic mass is 9.92. The Morgan fingerprint density at radius 2 is 1.74 bits per heavy atom. The fourth-order valence-electron chi connectivity index (χ4n) is 3.06. The molecular weight excluding hydrogens is 395 g/mol. The number of aromatic carboxylic acids is 1. The SMILES string of the molecule is O=C(O)c1ccccc1C(=O)N[C@H]1C[C@H](C(=O)O)Nc2cc(Cl)cc(Cl)c21. The van der Waals surface area contributed by atoms with Crippen LogP contribution in [0.1, 0.15) is 38.7 Å². The summed E-state index contributed by atoms with van der Waals surface area (Å²) in [6.45, 7) is 0. The Morgan fingerprint density at radius 1 is 1.07 bits per heavy atom. The topological polar surface area (TPSA) is 116 Å². The van der Waals surface area contributed by atoms with Gasteiger partial charge < -0.3 is 20.8 Å². The average molecular weight is 409 g/mol. The fourth-order valence-corrected chi connectivity index (χ4v) is 3.68. The second-order valence-corrected chi connectivity index (χ2v) is 6.84. The van der Waals surface area contributed by atoms with E-state index in [2.05, 4.69) is 10.6 Å². The first-order chi connectivity index (χ1) is 12.8. The van der Waals surface area contributed by atoms with Crippen LogP contribution >= 0.6 is 23.2 Å². The van der Waals surface area contributed by atoms with E-state index in [9.17, 15) is 24.6 Å². The minimum atomic E-state index is -1.24. The van der Waals surface area contributed by atoms with Gasteiger partial charge >= 0.3 is 11.9 Å². The second-order valence-electron chi connectivity index (χ2n) is 6.00. The lowest BCUT2D eigenvalue weighted by molar-refractivity contribution is -0.138. The maximum atomic E-state index is 12.7. The number of benzene rings is 2. The summed E-state index contributed by atoms with van der Waals surface area (Å²) >= 11 is 12.3. The summed E-state index contributed by atoms with van der Waals surface area (Å²) in [5.74, 6) is -2.97. The average Bonchev–Trinajstić information content (AvgIpc) is 2.60. The normalized spacial score (nSPS) is 18.1. The Bertz CT molecular complexity index is 947. The summed E-state index contributed by atoms with van der Waals surface area (Å²) in [6.07, 6.45) is 0.0324. The molecule has 0 unspecified atom stereocenters. The lowest BCUT2D eigenvalue weighted by Crippen LogP contribution is -2.41.